The summed E-state index contributed by atoms with van der Waals surface area (Å²) < 4.78 is 14.0. The van der Waals surface area contributed by atoms with Gasteiger partial charge in [0.2, 0.25) is 0 Å². The Morgan fingerprint density at radius 3 is 2.65 bits per heavy atom. The van der Waals surface area contributed by atoms with Crippen LogP contribution in [-0.2, 0) is 6.54 Å². The lowest BCUT2D eigenvalue weighted by Crippen LogP contribution is -2.24. The average Bonchev–Trinajstić information content (AvgIpc) is 2.33. The normalized spacial score (nSPS) is 10.5. The van der Waals surface area contributed by atoms with Crippen molar-refractivity contribution in [3.63, 3.8) is 0 Å². The van der Waals surface area contributed by atoms with Gasteiger partial charge in [0.15, 0.2) is 5.15 Å². The van der Waals surface area contributed by atoms with Crippen LogP contribution < -0.4 is 11.3 Å². The first-order valence-electron chi connectivity index (χ1n) is 4.83. The highest BCUT2D eigenvalue weighted by atomic mass is 35.5. The largest absolute Gasteiger partial charge is 0.392 e. The van der Waals surface area contributed by atoms with Crippen molar-refractivity contribution < 1.29 is 4.39 Å². The number of anilines is 1. The maximum atomic E-state index is 12.7. The number of benzene rings is 1. The molecule has 0 aliphatic carbocycles. The molecule has 0 amide bonds. The van der Waals surface area contributed by atoms with Crippen LogP contribution in [0.4, 0.5) is 10.1 Å². The highest BCUT2D eigenvalue weighted by Gasteiger charge is 2.06. The van der Waals surface area contributed by atoms with Crippen LogP contribution in [0.1, 0.15) is 5.56 Å². The zero-order valence-electron chi connectivity index (χ0n) is 8.73. The van der Waals surface area contributed by atoms with Crippen molar-refractivity contribution in [1.29, 1.82) is 0 Å². The molecule has 0 aliphatic rings. The van der Waals surface area contributed by atoms with Crippen molar-refractivity contribution in [2.24, 2.45) is 0 Å². The van der Waals surface area contributed by atoms with E-state index in [0.717, 1.165) is 5.56 Å². The molecule has 88 valence electrons. The minimum absolute atomic E-state index is 0.00893. The molecule has 2 N–H and O–H groups in total. The fraction of sp³-hybridized carbons (Fsp3) is 0.0909. The Bertz CT molecular complexity index is 595. The zero-order valence-corrected chi connectivity index (χ0v) is 9.49. The van der Waals surface area contributed by atoms with Crippen LogP contribution in [-0.4, -0.2) is 9.55 Å². The molecule has 6 heteroatoms. The van der Waals surface area contributed by atoms with Crippen molar-refractivity contribution in [2.75, 3.05) is 5.73 Å². The molecule has 0 aliphatic heterocycles. The van der Waals surface area contributed by atoms with E-state index in [0.29, 0.717) is 0 Å². The predicted molar refractivity (Wildman–Crippen MR) is 63.4 cm³/mol. The van der Waals surface area contributed by atoms with Crippen LogP contribution in [0.3, 0.4) is 0 Å². The van der Waals surface area contributed by atoms with Crippen LogP contribution in [0, 0.1) is 5.82 Å². The number of nitrogen functional groups attached to an aromatic ring is 1. The summed E-state index contributed by atoms with van der Waals surface area (Å²) in [5.41, 5.74) is 5.75. The fourth-order valence-corrected chi connectivity index (χ4v) is 1.51. The Morgan fingerprint density at radius 2 is 2.00 bits per heavy atom. The lowest BCUT2D eigenvalue weighted by atomic mass is 10.2. The van der Waals surface area contributed by atoms with Crippen molar-refractivity contribution >= 4 is 17.3 Å². The van der Waals surface area contributed by atoms with Crippen molar-refractivity contribution in [1.82, 2.24) is 9.55 Å². The van der Waals surface area contributed by atoms with Gasteiger partial charge in [0.05, 0.1) is 12.9 Å². The molecule has 0 saturated carbocycles. The van der Waals surface area contributed by atoms with Gasteiger partial charge in [0.25, 0.3) is 5.56 Å². The molecule has 0 atom stereocenters. The molecule has 0 fully saturated rings. The summed E-state index contributed by atoms with van der Waals surface area (Å²) in [5.74, 6) is -0.324. The molecule has 1 aromatic carbocycles. The molecule has 4 nitrogen and oxygen atoms in total. The van der Waals surface area contributed by atoms with Gasteiger partial charge in [-0.2, -0.15) is 0 Å². The Hall–Kier alpha value is -1.88. The van der Waals surface area contributed by atoms with Gasteiger partial charge < -0.3 is 5.73 Å². The number of aromatic nitrogens is 2. The van der Waals surface area contributed by atoms with Gasteiger partial charge in [0, 0.05) is 0 Å². The van der Waals surface area contributed by atoms with Crippen LogP contribution in [0.25, 0.3) is 0 Å². The highest BCUT2D eigenvalue weighted by molar-refractivity contribution is 6.31. The van der Waals surface area contributed by atoms with Crippen molar-refractivity contribution in [3.05, 3.63) is 57.5 Å². The average molecular weight is 254 g/mol. The van der Waals surface area contributed by atoms with E-state index in [1.807, 2.05) is 0 Å². The monoisotopic (exact) mass is 253 g/mol. The first kappa shape index (κ1) is 11.6. The molecule has 1 heterocycles. The van der Waals surface area contributed by atoms with Gasteiger partial charge >= 0.3 is 0 Å². The Labute approximate surface area is 101 Å². The number of nitrogens with two attached hydrogens (primary N) is 1. The lowest BCUT2D eigenvalue weighted by molar-refractivity contribution is 0.626. The summed E-state index contributed by atoms with van der Waals surface area (Å²) in [6, 6.07) is 5.83. The van der Waals surface area contributed by atoms with Crippen molar-refractivity contribution in [3.8, 4) is 0 Å². The summed E-state index contributed by atoms with van der Waals surface area (Å²) in [5, 5.41) is -0.00893. The number of nitrogens with zero attached hydrogens (tertiary/aromatic N) is 2. The second-order valence-corrected chi connectivity index (χ2v) is 3.87. The van der Waals surface area contributed by atoms with Crippen LogP contribution >= 0.6 is 11.6 Å². The molecular formula is C11H9ClFN3O. The van der Waals surface area contributed by atoms with Crippen LogP contribution in [0.5, 0.6) is 0 Å². The van der Waals surface area contributed by atoms with Gasteiger partial charge in [-0.15, -0.1) is 0 Å². The van der Waals surface area contributed by atoms with E-state index in [-0.39, 0.29) is 23.2 Å². The minimum atomic E-state index is -0.408. The summed E-state index contributed by atoms with van der Waals surface area (Å²) in [7, 11) is 0. The summed E-state index contributed by atoms with van der Waals surface area (Å²) in [4.78, 5) is 15.5. The molecule has 0 radical (unpaired) electrons. The summed E-state index contributed by atoms with van der Waals surface area (Å²) in [6.07, 6.45) is 1.31. The molecule has 1 aromatic heterocycles. The number of halogens is 2. The maximum absolute atomic E-state index is 12.7. The van der Waals surface area contributed by atoms with E-state index in [9.17, 15) is 9.18 Å². The second kappa shape index (κ2) is 4.55. The number of rotatable bonds is 2. The first-order valence-corrected chi connectivity index (χ1v) is 5.20. The highest BCUT2D eigenvalue weighted by Crippen LogP contribution is 2.09. The molecule has 2 aromatic rings. The molecule has 0 spiro atoms. The minimum Gasteiger partial charge on any atom is -0.392 e. The Morgan fingerprint density at radius 1 is 1.35 bits per heavy atom. The zero-order chi connectivity index (χ0) is 12.4. The smallest absolute Gasteiger partial charge is 0.278 e. The molecular weight excluding hydrogens is 245 g/mol. The van der Waals surface area contributed by atoms with E-state index < -0.39 is 5.56 Å². The van der Waals surface area contributed by atoms with Gasteiger partial charge in [0.1, 0.15) is 11.5 Å². The summed E-state index contributed by atoms with van der Waals surface area (Å²) >= 11 is 5.61. The van der Waals surface area contributed by atoms with Gasteiger partial charge in [-0.05, 0) is 17.7 Å². The molecule has 2 rings (SSSR count). The number of hydrogen-bond donors (Lipinski definition) is 1. The Balaban J connectivity index is 2.34. The van der Waals surface area contributed by atoms with E-state index >= 15 is 0 Å². The quantitative estimate of drug-likeness (QED) is 0.828. The summed E-state index contributed by atoms with van der Waals surface area (Å²) in [6.45, 7) is 0.271. The van der Waals surface area contributed by atoms with Crippen molar-refractivity contribution in [2.45, 2.75) is 6.54 Å². The van der Waals surface area contributed by atoms with Gasteiger partial charge in [-0.1, -0.05) is 23.7 Å². The van der Waals surface area contributed by atoms with E-state index in [2.05, 4.69) is 4.98 Å². The van der Waals surface area contributed by atoms with Crippen LogP contribution in [0.15, 0.2) is 35.4 Å². The van der Waals surface area contributed by atoms with E-state index in [1.165, 1.54) is 23.0 Å². The molecule has 0 unspecified atom stereocenters. The predicted octanol–water partition coefficient (Wildman–Crippen LogP) is 1.67. The lowest BCUT2D eigenvalue weighted by Gasteiger charge is -2.06. The molecule has 0 bridgehead atoms. The fourth-order valence-electron chi connectivity index (χ4n) is 1.38. The first-order chi connectivity index (χ1) is 8.08. The van der Waals surface area contributed by atoms with Gasteiger partial charge in [-0.3, -0.25) is 9.36 Å². The second-order valence-electron chi connectivity index (χ2n) is 3.51. The standard InChI is InChI=1S/C11H9ClFN3O/c12-10-9(14)11(17)16(6-15-10)5-7-1-3-8(13)4-2-7/h1-4,6H,5,14H2. The third-order valence-electron chi connectivity index (χ3n) is 2.29. The number of hydrogen-bond acceptors (Lipinski definition) is 3. The van der Waals surface area contributed by atoms with E-state index in [4.69, 9.17) is 17.3 Å². The van der Waals surface area contributed by atoms with E-state index in [1.54, 1.807) is 12.1 Å². The Kier molecular flexibility index (Phi) is 3.10. The van der Waals surface area contributed by atoms with Crippen LogP contribution in [0.2, 0.25) is 5.15 Å². The maximum Gasteiger partial charge on any atom is 0.278 e. The SMILES string of the molecule is Nc1c(Cl)ncn(Cc2ccc(F)cc2)c1=O. The third kappa shape index (κ3) is 2.45. The van der Waals surface area contributed by atoms with Gasteiger partial charge in [-0.25, -0.2) is 9.37 Å². The molecule has 0 saturated heterocycles. The topological polar surface area (TPSA) is 60.9 Å². The third-order valence-corrected chi connectivity index (χ3v) is 2.59. The molecule has 17 heavy (non-hydrogen) atoms.